The van der Waals surface area contributed by atoms with E-state index in [-0.39, 0.29) is 5.91 Å². The molecule has 6 nitrogen and oxygen atoms in total. The van der Waals surface area contributed by atoms with Gasteiger partial charge in [-0.3, -0.25) is 4.79 Å². The molecule has 0 atom stereocenters. The number of aromatic nitrogens is 4. The van der Waals surface area contributed by atoms with Crippen molar-refractivity contribution < 1.29 is 4.79 Å². The topological polar surface area (TPSA) is 72.7 Å². The second kappa shape index (κ2) is 5.84. The number of rotatable bonds is 4. The van der Waals surface area contributed by atoms with Gasteiger partial charge in [0.05, 0.1) is 4.88 Å². The Bertz CT molecular complexity index is 684. The molecule has 0 saturated carbocycles. The number of amides is 1. The number of hydrogen-bond acceptors (Lipinski definition) is 5. The molecule has 1 amide bonds. The van der Waals surface area contributed by atoms with E-state index in [2.05, 4.69) is 20.4 Å². The zero-order chi connectivity index (χ0) is 14.7. The van der Waals surface area contributed by atoms with Crippen molar-refractivity contribution in [2.24, 2.45) is 0 Å². The lowest BCUT2D eigenvalue weighted by Crippen LogP contribution is -2.12. The normalized spacial score (nSPS) is 10.5. The number of carbonyl (C=O) groups excluding carboxylic acids is 1. The van der Waals surface area contributed by atoms with Gasteiger partial charge in [0.2, 0.25) is 5.91 Å². The highest BCUT2D eigenvalue weighted by Crippen LogP contribution is 2.23. The van der Waals surface area contributed by atoms with Gasteiger partial charge in [-0.15, -0.1) is 11.3 Å². The first-order valence-corrected chi connectivity index (χ1v) is 7.37. The number of anilines is 1. The minimum atomic E-state index is -0.0859. The molecular weight excluding hydrogens is 286 g/mol. The van der Waals surface area contributed by atoms with Crippen LogP contribution in [0.2, 0.25) is 0 Å². The highest BCUT2D eigenvalue weighted by Gasteiger charge is 2.10. The Labute approximate surface area is 125 Å². The lowest BCUT2D eigenvalue weighted by Gasteiger charge is -2.08. The molecule has 0 aliphatic heterocycles. The van der Waals surface area contributed by atoms with E-state index in [0.29, 0.717) is 23.9 Å². The second-order valence-electron chi connectivity index (χ2n) is 4.26. The summed E-state index contributed by atoms with van der Waals surface area (Å²) >= 11 is 1.55. The predicted molar refractivity (Wildman–Crippen MR) is 81.4 cm³/mol. The minimum absolute atomic E-state index is 0.0859. The van der Waals surface area contributed by atoms with Crippen molar-refractivity contribution >= 4 is 23.1 Å². The summed E-state index contributed by atoms with van der Waals surface area (Å²) in [5.41, 5.74) is 0. The van der Waals surface area contributed by atoms with E-state index >= 15 is 0 Å². The first kappa shape index (κ1) is 13.4. The van der Waals surface area contributed by atoms with Crippen molar-refractivity contribution in [2.45, 2.75) is 13.3 Å². The largest absolute Gasteiger partial charge is 0.311 e. The van der Waals surface area contributed by atoms with Crippen molar-refractivity contribution in [3.63, 3.8) is 0 Å². The van der Waals surface area contributed by atoms with Crippen molar-refractivity contribution in [3.05, 3.63) is 42.0 Å². The monoisotopic (exact) mass is 299 g/mol. The molecule has 106 valence electrons. The predicted octanol–water partition coefficient (Wildman–Crippen LogP) is 2.74. The van der Waals surface area contributed by atoms with Crippen LogP contribution >= 0.6 is 11.3 Å². The quantitative estimate of drug-likeness (QED) is 0.804. The summed E-state index contributed by atoms with van der Waals surface area (Å²) in [6.45, 7) is 1.80. The van der Waals surface area contributed by atoms with Crippen LogP contribution in [0.3, 0.4) is 0 Å². The van der Waals surface area contributed by atoms with E-state index in [9.17, 15) is 4.79 Å². The Hall–Kier alpha value is -2.54. The fourth-order valence-corrected chi connectivity index (χ4v) is 2.42. The molecular formula is C14H13N5OS. The number of nitrogens with one attached hydrogen (secondary N) is 1. The molecule has 0 unspecified atom stereocenters. The summed E-state index contributed by atoms with van der Waals surface area (Å²) < 4.78 is 1.64. The van der Waals surface area contributed by atoms with Crippen molar-refractivity contribution in [3.8, 4) is 16.5 Å². The van der Waals surface area contributed by atoms with Gasteiger partial charge in [0.15, 0.2) is 11.6 Å². The molecule has 3 rings (SSSR count). The van der Waals surface area contributed by atoms with Crippen LogP contribution in [0, 0.1) is 0 Å². The molecule has 3 aromatic rings. The Balaban J connectivity index is 2.06. The van der Waals surface area contributed by atoms with Crippen LogP contribution in [-0.4, -0.2) is 25.7 Å². The molecule has 21 heavy (non-hydrogen) atoms. The molecule has 0 radical (unpaired) electrons. The zero-order valence-corrected chi connectivity index (χ0v) is 12.2. The van der Waals surface area contributed by atoms with Gasteiger partial charge in [0, 0.05) is 24.9 Å². The third-order valence-corrected chi connectivity index (χ3v) is 3.65. The van der Waals surface area contributed by atoms with Gasteiger partial charge < -0.3 is 5.32 Å². The maximum Gasteiger partial charge on any atom is 0.225 e. The highest BCUT2D eigenvalue weighted by molar-refractivity contribution is 7.13. The van der Waals surface area contributed by atoms with Crippen LogP contribution in [0.5, 0.6) is 0 Å². The SMILES string of the molecule is CCC(=O)Nc1cc(-n2cccn2)nc(-c2cccs2)n1. The third kappa shape index (κ3) is 2.97. The Morgan fingerprint density at radius 3 is 2.95 bits per heavy atom. The number of carbonyl (C=O) groups is 1. The molecule has 0 bridgehead atoms. The lowest BCUT2D eigenvalue weighted by atomic mass is 10.4. The fourth-order valence-electron chi connectivity index (χ4n) is 1.77. The third-order valence-electron chi connectivity index (χ3n) is 2.78. The van der Waals surface area contributed by atoms with Crippen LogP contribution in [0.25, 0.3) is 16.5 Å². The molecule has 0 saturated heterocycles. The van der Waals surface area contributed by atoms with Gasteiger partial charge in [0.25, 0.3) is 0 Å². The summed E-state index contributed by atoms with van der Waals surface area (Å²) in [5.74, 6) is 1.58. The molecule has 3 aromatic heterocycles. The molecule has 0 spiro atoms. The van der Waals surface area contributed by atoms with Crippen LogP contribution in [0.1, 0.15) is 13.3 Å². The van der Waals surface area contributed by atoms with Gasteiger partial charge in [-0.2, -0.15) is 5.10 Å². The van der Waals surface area contributed by atoms with Gasteiger partial charge >= 0.3 is 0 Å². The summed E-state index contributed by atoms with van der Waals surface area (Å²) in [6.07, 6.45) is 3.87. The Kier molecular flexibility index (Phi) is 3.74. The van der Waals surface area contributed by atoms with Crippen LogP contribution in [0.15, 0.2) is 42.0 Å². The molecule has 1 N–H and O–H groups in total. The summed E-state index contributed by atoms with van der Waals surface area (Å²) in [4.78, 5) is 21.4. The van der Waals surface area contributed by atoms with Gasteiger partial charge in [-0.1, -0.05) is 13.0 Å². The first-order valence-electron chi connectivity index (χ1n) is 6.49. The van der Waals surface area contributed by atoms with Crippen LogP contribution in [-0.2, 0) is 4.79 Å². The van der Waals surface area contributed by atoms with E-state index in [0.717, 1.165) is 4.88 Å². The highest BCUT2D eigenvalue weighted by atomic mass is 32.1. The second-order valence-corrected chi connectivity index (χ2v) is 5.21. The van der Waals surface area contributed by atoms with Gasteiger partial charge in [-0.25, -0.2) is 14.6 Å². The average Bonchev–Trinajstić information content (AvgIpc) is 3.20. The van der Waals surface area contributed by atoms with Crippen molar-refractivity contribution in [2.75, 3.05) is 5.32 Å². The summed E-state index contributed by atoms with van der Waals surface area (Å²) in [5, 5.41) is 8.90. The summed E-state index contributed by atoms with van der Waals surface area (Å²) in [7, 11) is 0. The molecule has 7 heteroatoms. The van der Waals surface area contributed by atoms with E-state index in [1.165, 1.54) is 0 Å². The Morgan fingerprint density at radius 1 is 1.38 bits per heavy atom. The standard InChI is InChI=1S/C14H13N5OS/c1-2-13(20)16-11-9-12(19-7-4-6-15-19)18-14(17-11)10-5-3-8-21-10/h3-9H,2H2,1H3,(H,16,17,18,20). The fraction of sp³-hybridized carbons (Fsp3) is 0.143. The maximum absolute atomic E-state index is 11.6. The van der Waals surface area contributed by atoms with Crippen molar-refractivity contribution in [1.82, 2.24) is 19.7 Å². The van der Waals surface area contributed by atoms with E-state index < -0.39 is 0 Å². The van der Waals surface area contributed by atoms with Gasteiger partial charge in [-0.05, 0) is 17.5 Å². The van der Waals surface area contributed by atoms with E-state index in [1.54, 1.807) is 41.4 Å². The van der Waals surface area contributed by atoms with Gasteiger partial charge in [0.1, 0.15) is 5.82 Å². The first-order chi connectivity index (χ1) is 10.3. The smallest absolute Gasteiger partial charge is 0.225 e. The van der Waals surface area contributed by atoms with Crippen LogP contribution in [0.4, 0.5) is 5.82 Å². The molecule has 0 aromatic carbocycles. The summed E-state index contributed by atoms with van der Waals surface area (Å²) in [6, 6.07) is 7.40. The van der Waals surface area contributed by atoms with E-state index in [1.807, 2.05) is 23.6 Å². The van der Waals surface area contributed by atoms with E-state index in [4.69, 9.17) is 0 Å². The number of nitrogens with zero attached hydrogens (tertiary/aromatic N) is 4. The van der Waals surface area contributed by atoms with Crippen molar-refractivity contribution in [1.29, 1.82) is 0 Å². The maximum atomic E-state index is 11.6. The number of thiophene rings is 1. The lowest BCUT2D eigenvalue weighted by molar-refractivity contribution is -0.115. The minimum Gasteiger partial charge on any atom is -0.311 e. The Morgan fingerprint density at radius 2 is 2.29 bits per heavy atom. The molecule has 0 aliphatic carbocycles. The molecule has 0 aliphatic rings. The molecule has 3 heterocycles. The average molecular weight is 299 g/mol. The molecule has 0 fully saturated rings. The number of hydrogen-bond donors (Lipinski definition) is 1. The zero-order valence-electron chi connectivity index (χ0n) is 11.4. The van der Waals surface area contributed by atoms with Crippen LogP contribution < -0.4 is 5.32 Å².